The Bertz CT molecular complexity index is 566. The second-order valence-corrected chi connectivity index (χ2v) is 5.94. The number of thiocarbonyl (C=S) groups is 1. The van der Waals surface area contributed by atoms with Crippen LogP contribution in [0, 0.1) is 10.5 Å². The van der Waals surface area contributed by atoms with E-state index in [0.29, 0.717) is 18.8 Å². The van der Waals surface area contributed by atoms with Gasteiger partial charge in [-0.05, 0) is 66.4 Å². The van der Waals surface area contributed by atoms with Gasteiger partial charge in [-0.2, -0.15) is 0 Å². The van der Waals surface area contributed by atoms with E-state index in [0.717, 1.165) is 9.13 Å². The van der Waals surface area contributed by atoms with Gasteiger partial charge in [-0.3, -0.25) is 25.8 Å². The van der Waals surface area contributed by atoms with E-state index in [9.17, 15) is 9.59 Å². The lowest BCUT2D eigenvalue weighted by atomic mass is 10.1. The molecule has 8 heteroatoms. The molecule has 2 amide bonds. The monoisotopic (exact) mass is 435 g/mol. The lowest BCUT2D eigenvalue weighted by Gasteiger charge is -2.11. The Morgan fingerprint density at radius 2 is 2.05 bits per heavy atom. The lowest BCUT2D eigenvalue weighted by molar-refractivity contribution is -0.122. The largest absolute Gasteiger partial charge is 0.381 e. The molecule has 0 heterocycles. The number of carbonyl (C=O) groups is 2. The Kier molecular flexibility index (Phi) is 8.28. The lowest BCUT2D eigenvalue weighted by Crippen LogP contribution is -2.48. The summed E-state index contributed by atoms with van der Waals surface area (Å²) in [4.78, 5) is 23.4. The zero-order valence-corrected chi connectivity index (χ0v) is 15.3. The highest BCUT2D eigenvalue weighted by Crippen LogP contribution is 2.13. The molecule has 1 aromatic rings. The van der Waals surface area contributed by atoms with E-state index >= 15 is 0 Å². The fourth-order valence-corrected chi connectivity index (χ4v) is 2.10. The number of halogens is 1. The smallest absolute Gasteiger partial charge is 0.257 e. The van der Waals surface area contributed by atoms with Crippen molar-refractivity contribution in [1.29, 1.82) is 0 Å². The average molecular weight is 435 g/mol. The van der Waals surface area contributed by atoms with Crippen molar-refractivity contribution in [2.24, 2.45) is 0 Å². The van der Waals surface area contributed by atoms with Crippen molar-refractivity contribution >= 4 is 51.7 Å². The number of hydrazine groups is 1. The zero-order chi connectivity index (χ0) is 16.5. The van der Waals surface area contributed by atoms with Crippen LogP contribution in [0.1, 0.15) is 29.3 Å². The maximum atomic E-state index is 12.0. The van der Waals surface area contributed by atoms with Crippen molar-refractivity contribution < 1.29 is 14.3 Å². The molecule has 0 aliphatic rings. The highest BCUT2D eigenvalue weighted by atomic mass is 127. The first-order valence-electron chi connectivity index (χ1n) is 6.68. The third kappa shape index (κ3) is 6.67. The molecule has 1 rings (SSSR count). The SMILES string of the molecule is CCOCCC(=O)NNC(=S)NC(=O)c1ccc(C)c(I)c1. The van der Waals surface area contributed by atoms with Gasteiger partial charge >= 0.3 is 0 Å². The standard InChI is InChI=1S/C14H18IN3O3S/c1-3-21-7-6-12(19)17-18-14(22)16-13(20)10-5-4-9(2)11(15)8-10/h4-5,8H,3,6-7H2,1-2H3,(H,17,19)(H2,16,18,20,22). The fourth-order valence-electron chi connectivity index (χ4n) is 1.44. The second kappa shape index (κ2) is 9.70. The quantitative estimate of drug-likeness (QED) is 0.284. The molecule has 0 unspecified atom stereocenters. The van der Waals surface area contributed by atoms with Gasteiger partial charge in [0, 0.05) is 15.7 Å². The van der Waals surface area contributed by atoms with Gasteiger partial charge in [0.2, 0.25) is 5.91 Å². The molecule has 0 bridgehead atoms. The Morgan fingerprint density at radius 1 is 1.32 bits per heavy atom. The van der Waals surface area contributed by atoms with Gasteiger partial charge in [-0.25, -0.2) is 0 Å². The number of hydrogen-bond acceptors (Lipinski definition) is 4. The Labute approximate surface area is 148 Å². The molecule has 120 valence electrons. The third-order valence-electron chi connectivity index (χ3n) is 2.65. The van der Waals surface area contributed by atoms with Crippen LogP contribution in [0.3, 0.4) is 0 Å². The first-order valence-corrected chi connectivity index (χ1v) is 8.16. The normalized spacial score (nSPS) is 9.95. The predicted molar refractivity (Wildman–Crippen MR) is 96.3 cm³/mol. The van der Waals surface area contributed by atoms with Crippen molar-refractivity contribution in [3.05, 3.63) is 32.9 Å². The number of rotatable bonds is 5. The molecule has 0 aliphatic carbocycles. The molecule has 0 aromatic heterocycles. The van der Waals surface area contributed by atoms with E-state index in [1.54, 1.807) is 12.1 Å². The van der Waals surface area contributed by atoms with Crippen LogP contribution in [0.5, 0.6) is 0 Å². The van der Waals surface area contributed by atoms with E-state index < -0.39 is 0 Å². The summed E-state index contributed by atoms with van der Waals surface area (Å²) in [5, 5.41) is 2.53. The van der Waals surface area contributed by atoms with Gasteiger partial charge in [0.05, 0.1) is 13.0 Å². The minimum absolute atomic E-state index is 0.0327. The van der Waals surface area contributed by atoms with Crippen LogP contribution in [-0.4, -0.2) is 30.1 Å². The summed E-state index contributed by atoms with van der Waals surface area (Å²) in [5.41, 5.74) is 6.47. The molecule has 0 saturated heterocycles. The minimum atomic E-state index is -0.334. The number of nitrogens with one attached hydrogen (secondary N) is 3. The Balaban J connectivity index is 2.39. The molecule has 0 atom stereocenters. The van der Waals surface area contributed by atoms with Gasteiger partial charge in [0.15, 0.2) is 5.11 Å². The molecule has 0 spiro atoms. The fraction of sp³-hybridized carbons (Fsp3) is 0.357. The molecule has 1 aromatic carbocycles. The summed E-state index contributed by atoms with van der Waals surface area (Å²) in [6.07, 6.45) is 0.216. The van der Waals surface area contributed by atoms with Crippen LogP contribution in [0.2, 0.25) is 0 Å². The Hall–Kier alpha value is -1.26. The summed E-state index contributed by atoms with van der Waals surface area (Å²) < 4.78 is 6.06. The summed E-state index contributed by atoms with van der Waals surface area (Å²) >= 11 is 7.11. The van der Waals surface area contributed by atoms with Gasteiger partial charge < -0.3 is 4.74 Å². The number of aryl methyl sites for hydroxylation is 1. The highest BCUT2D eigenvalue weighted by Gasteiger charge is 2.09. The first-order chi connectivity index (χ1) is 10.4. The van der Waals surface area contributed by atoms with Crippen molar-refractivity contribution in [2.75, 3.05) is 13.2 Å². The maximum Gasteiger partial charge on any atom is 0.257 e. The molecule has 0 radical (unpaired) electrons. The van der Waals surface area contributed by atoms with Gasteiger partial charge in [-0.15, -0.1) is 0 Å². The van der Waals surface area contributed by atoms with Crippen LogP contribution in [-0.2, 0) is 9.53 Å². The average Bonchev–Trinajstić information content (AvgIpc) is 2.48. The number of hydrogen-bond donors (Lipinski definition) is 3. The van der Waals surface area contributed by atoms with Crippen LogP contribution in [0.15, 0.2) is 18.2 Å². The minimum Gasteiger partial charge on any atom is -0.381 e. The molecular formula is C14H18IN3O3S. The van der Waals surface area contributed by atoms with Crippen LogP contribution < -0.4 is 16.2 Å². The van der Waals surface area contributed by atoms with Gasteiger partial charge in [0.1, 0.15) is 0 Å². The summed E-state index contributed by atoms with van der Waals surface area (Å²) in [7, 11) is 0. The molecule has 0 fully saturated rings. The van der Waals surface area contributed by atoms with Crippen molar-refractivity contribution in [1.82, 2.24) is 16.2 Å². The van der Waals surface area contributed by atoms with E-state index in [-0.39, 0.29) is 23.3 Å². The second-order valence-electron chi connectivity index (χ2n) is 4.37. The number of carbonyl (C=O) groups excluding carboxylic acids is 2. The third-order valence-corrected chi connectivity index (χ3v) is 4.02. The summed E-state index contributed by atoms with van der Waals surface area (Å²) in [6.45, 7) is 4.72. The van der Waals surface area contributed by atoms with E-state index in [2.05, 4.69) is 38.8 Å². The topological polar surface area (TPSA) is 79.5 Å². The summed E-state index contributed by atoms with van der Waals surface area (Å²) in [6, 6.07) is 5.35. The van der Waals surface area contributed by atoms with Gasteiger partial charge in [-0.1, -0.05) is 6.07 Å². The van der Waals surface area contributed by atoms with Crippen molar-refractivity contribution in [2.45, 2.75) is 20.3 Å². The maximum absolute atomic E-state index is 12.0. The number of ether oxygens (including phenoxy) is 1. The molecular weight excluding hydrogens is 417 g/mol. The number of benzene rings is 1. The van der Waals surface area contributed by atoms with Crippen molar-refractivity contribution in [3.8, 4) is 0 Å². The zero-order valence-electron chi connectivity index (χ0n) is 12.4. The van der Waals surface area contributed by atoms with Crippen LogP contribution in [0.4, 0.5) is 0 Å². The highest BCUT2D eigenvalue weighted by molar-refractivity contribution is 14.1. The Morgan fingerprint density at radius 3 is 2.68 bits per heavy atom. The van der Waals surface area contributed by atoms with E-state index in [1.807, 2.05) is 19.9 Å². The van der Waals surface area contributed by atoms with Gasteiger partial charge in [0.25, 0.3) is 5.91 Å². The molecule has 0 saturated carbocycles. The number of amides is 2. The van der Waals surface area contributed by atoms with Crippen molar-refractivity contribution in [3.63, 3.8) is 0 Å². The predicted octanol–water partition coefficient (Wildman–Crippen LogP) is 1.66. The van der Waals surface area contributed by atoms with Crippen LogP contribution >= 0.6 is 34.8 Å². The van der Waals surface area contributed by atoms with E-state index in [4.69, 9.17) is 17.0 Å². The van der Waals surface area contributed by atoms with Crippen LogP contribution in [0.25, 0.3) is 0 Å². The molecule has 22 heavy (non-hydrogen) atoms. The first kappa shape index (κ1) is 18.8. The molecule has 3 N–H and O–H groups in total. The summed E-state index contributed by atoms with van der Waals surface area (Å²) in [5.74, 6) is -0.603. The molecule has 0 aliphatic heterocycles. The molecule has 6 nitrogen and oxygen atoms in total. The van der Waals surface area contributed by atoms with E-state index in [1.165, 1.54) is 0 Å².